The van der Waals surface area contributed by atoms with Crippen molar-refractivity contribution < 1.29 is 24.2 Å². The number of carbonyl (C=O) groups is 3. The van der Waals surface area contributed by atoms with E-state index in [4.69, 9.17) is 45.6 Å². The molecule has 0 heterocycles. The molecule has 0 aliphatic heterocycles. The molecular formula is C15H17Cl3N2O5. The van der Waals surface area contributed by atoms with Crippen LogP contribution in [0, 0.1) is 6.92 Å². The van der Waals surface area contributed by atoms with Gasteiger partial charge in [0.2, 0.25) is 3.79 Å². The van der Waals surface area contributed by atoms with Crippen LogP contribution >= 0.6 is 34.8 Å². The number of anilines is 1. The highest BCUT2D eigenvalue weighted by Gasteiger charge is 2.26. The standard InChI is InChI=1S/C15H17Cl3N2O5/c1-8-6-9(19)2-3-10(8)12(21)5-4-11(13(22)23)20-14(24)25-7-15(16,17)18/h2-3,6,11H,4-5,7,19H2,1H3,(H,20,24)(H,22,23). The Morgan fingerprint density at radius 1 is 1.32 bits per heavy atom. The van der Waals surface area contributed by atoms with Gasteiger partial charge >= 0.3 is 12.1 Å². The molecule has 0 fully saturated rings. The SMILES string of the molecule is Cc1cc(N)ccc1C(=O)CCC(NC(=O)OCC(Cl)(Cl)Cl)C(=O)O. The Morgan fingerprint density at radius 3 is 2.48 bits per heavy atom. The second kappa shape index (κ2) is 9.12. The van der Waals surface area contributed by atoms with Crippen LogP contribution in [0.15, 0.2) is 18.2 Å². The second-order valence-corrected chi connectivity index (χ2v) is 7.78. The number of aliphatic carboxylic acids is 1. The minimum absolute atomic E-state index is 0.0908. The summed E-state index contributed by atoms with van der Waals surface area (Å²) in [7, 11) is 0. The maximum Gasteiger partial charge on any atom is 0.407 e. The molecule has 1 aromatic carbocycles. The van der Waals surface area contributed by atoms with E-state index in [2.05, 4.69) is 10.1 Å². The van der Waals surface area contributed by atoms with Crippen LogP contribution < -0.4 is 11.1 Å². The maximum absolute atomic E-state index is 12.2. The summed E-state index contributed by atoms with van der Waals surface area (Å²) in [6.45, 7) is 1.18. The molecule has 138 valence electrons. The third kappa shape index (κ3) is 7.81. The van der Waals surface area contributed by atoms with E-state index in [-0.39, 0.29) is 18.6 Å². The zero-order valence-electron chi connectivity index (χ0n) is 13.2. The number of ketones is 1. The van der Waals surface area contributed by atoms with Gasteiger partial charge in [-0.25, -0.2) is 9.59 Å². The van der Waals surface area contributed by atoms with Crippen LogP contribution in [0.1, 0.15) is 28.8 Å². The first kappa shape index (κ1) is 21.3. The highest BCUT2D eigenvalue weighted by atomic mass is 35.6. The molecule has 0 bridgehead atoms. The van der Waals surface area contributed by atoms with Crippen molar-refractivity contribution in [3.63, 3.8) is 0 Å². The van der Waals surface area contributed by atoms with Crippen molar-refractivity contribution in [3.8, 4) is 0 Å². The highest BCUT2D eigenvalue weighted by Crippen LogP contribution is 2.25. The van der Waals surface area contributed by atoms with Gasteiger partial charge in [-0.15, -0.1) is 0 Å². The lowest BCUT2D eigenvalue weighted by Crippen LogP contribution is -2.42. The number of amides is 1. The molecule has 0 aliphatic carbocycles. The number of Topliss-reactive ketones (excluding diaryl/α,β-unsaturated/α-hetero) is 1. The van der Waals surface area contributed by atoms with E-state index in [9.17, 15) is 14.4 Å². The molecule has 1 aromatic rings. The predicted molar refractivity (Wildman–Crippen MR) is 95.4 cm³/mol. The van der Waals surface area contributed by atoms with Crippen molar-refractivity contribution in [1.82, 2.24) is 5.32 Å². The molecular weight excluding hydrogens is 395 g/mol. The molecule has 0 aliphatic rings. The van der Waals surface area contributed by atoms with E-state index in [1.54, 1.807) is 25.1 Å². The van der Waals surface area contributed by atoms with Gasteiger partial charge in [-0.3, -0.25) is 4.79 Å². The molecule has 1 unspecified atom stereocenters. The first-order valence-corrected chi connectivity index (χ1v) is 8.25. The van der Waals surface area contributed by atoms with Crippen molar-refractivity contribution >= 4 is 58.3 Å². The zero-order valence-corrected chi connectivity index (χ0v) is 15.5. The minimum Gasteiger partial charge on any atom is -0.480 e. The maximum atomic E-state index is 12.2. The lowest BCUT2D eigenvalue weighted by molar-refractivity contribution is -0.139. The lowest BCUT2D eigenvalue weighted by Gasteiger charge is -2.16. The van der Waals surface area contributed by atoms with Crippen LogP contribution in [0.2, 0.25) is 0 Å². The second-order valence-electron chi connectivity index (χ2n) is 5.26. The molecule has 1 atom stereocenters. The van der Waals surface area contributed by atoms with E-state index in [1.807, 2.05) is 0 Å². The number of benzene rings is 1. The number of nitrogen functional groups attached to an aromatic ring is 1. The fourth-order valence-electron chi connectivity index (χ4n) is 2.00. The number of rotatable bonds is 7. The van der Waals surface area contributed by atoms with Gasteiger partial charge in [0, 0.05) is 17.7 Å². The zero-order chi connectivity index (χ0) is 19.2. The number of nitrogens with two attached hydrogens (primary N) is 1. The molecule has 0 saturated carbocycles. The Balaban J connectivity index is 2.62. The van der Waals surface area contributed by atoms with E-state index in [0.717, 1.165) is 0 Å². The van der Waals surface area contributed by atoms with Gasteiger partial charge in [-0.1, -0.05) is 34.8 Å². The fourth-order valence-corrected chi connectivity index (χ4v) is 2.16. The number of halogens is 3. The third-order valence-corrected chi connectivity index (χ3v) is 3.50. The molecule has 0 aromatic heterocycles. The van der Waals surface area contributed by atoms with Crippen LogP contribution in [-0.2, 0) is 9.53 Å². The van der Waals surface area contributed by atoms with Crippen LogP contribution in [0.3, 0.4) is 0 Å². The molecule has 7 nitrogen and oxygen atoms in total. The lowest BCUT2D eigenvalue weighted by atomic mass is 9.99. The normalized spacial score (nSPS) is 12.3. The van der Waals surface area contributed by atoms with Crippen molar-refractivity contribution in [2.24, 2.45) is 0 Å². The fraction of sp³-hybridized carbons (Fsp3) is 0.400. The smallest absolute Gasteiger partial charge is 0.407 e. The number of carboxylic acid groups (broad SMARTS) is 1. The molecule has 10 heteroatoms. The Morgan fingerprint density at radius 2 is 1.96 bits per heavy atom. The number of aryl methyl sites for hydroxylation is 1. The summed E-state index contributed by atoms with van der Waals surface area (Å²) in [5.41, 5.74) is 7.28. The quantitative estimate of drug-likeness (QED) is 0.360. The number of ether oxygens (including phenoxy) is 1. The largest absolute Gasteiger partial charge is 0.480 e. The number of alkyl carbamates (subject to hydrolysis) is 1. The molecule has 25 heavy (non-hydrogen) atoms. The Hall–Kier alpha value is -1.70. The van der Waals surface area contributed by atoms with Crippen molar-refractivity contribution in [3.05, 3.63) is 29.3 Å². The van der Waals surface area contributed by atoms with E-state index >= 15 is 0 Å². The van der Waals surface area contributed by atoms with Crippen LogP contribution in [-0.4, -0.2) is 39.4 Å². The summed E-state index contributed by atoms with van der Waals surface area (Å²) in [5.74, 6) is -1.58. The molecule has 1 amide bonds. The predicted octanol–water partition coefficient (Wildman–Crippen LogP) is 3.09. The van der Waals surface area contributed by atoms with E-state index in [1.165, 1.54) is 0 Å². The Kier molecular flexibility index (Phi) is 7.79. The van der Waals surface area contributed by atoms with Crippen LogP contribution in [0.25, 0.3) is 0 Å². The van der Waals surface area contributed by atoms with Crippen molar-refractivity contribution in [1.29, 1.82) is 0 Å². The van der Waals surface area contributed by atoms with E-state index < -0.39 is 28.5 Å². The first-order chi connectivity index (χ1) is 11.5. The number of hydrogen-bond donors (Lipinski definition) is 3. The monoisotopic (exact) mass is 410 g/mol. The summed E-state index contributed by atoms with van der Waals surface area (Å²) in [4.78, 5) is 35.0. The summed E-state index contributed by atoms with van der Waals surface area (Å²) in [6, 6.07) is 3.49. The topological polar surface area (TPSA) is 119 Å². The van der Waals surface area contributed by atoms with Gasteiger partial charge < -0.3 is 20.9 Å². The van der Waals surface area contributed by atoms with Gasteiger partial charge in [0.25, 0.3) is 0 Å². The van der Waals surface area contributed by atoms with Gasteiger partial charge in [0.05, 0.1) is 0 Å². The minimum atomic E-state index is -1.81. The molecule has 0 spiro atoms. The number of hydrogen-bond acceptors (Lipinski definition) is 5. The van der Waals surface area contributed by atoms with Gasteiger partial charge in [-0.2, -0.15) is 0 Å². The molecule has 1 rings (SSSR count). The average molecular weight is 412 g/mol. The molecule has 0 radical (unpaired) electrons. The van der Waals surface area contributed by atoms with Crippen molar-refractivity contribution in [2.45, 2.75) is 29.6 Å². The number of nitrogens with one attached hydrogen (secondary N) is 1. The average Bonchev–Trinajstić information content (AvgIpc) is 2.48. The summed E-state index contributed by atoms with van der Waals surface area (Å²) < 4.78 is 2.80. The Bertz CT molecular complexity index is 661. The summed E-state index contributed by atoms with van der Waals surface area (Å²) in [5, 5.41) is 11.3. The molecule has 4 N–H and O–H groups in total. The first-order valence-electron chi connectivity index (χ1n) is 7.12. The van der Waals surface area contributed by atoms with Crippen LogP contribution in [0.4, 0.5) is 10.5 Å². The van der Waals surface area contributed by atoms with Gasteiger partial charge in [-0.05, 0) is 37.1 Å². The van der Waals surface area contributed by atoms with Gasteiger partial charge in [0.1, 0.15) is 12.6 Å². The number of alkyl halides is 3. The number of carbonyl (C=O) groups excluding carboxylic acids is 2. The molecule has 0 saturated heterocycles. The van der Waals surface area contributed by atoms with Gasteiger partial charge in [0.15, 0.2) is 5.78 Å². The Labute approximate surface area is 159 Å². The number of carboxylic acids is 1. The van der Waals surface area contributed by atoms with E-state index in [0.29, 0.717) is 16.8 Å². The third-order valence-electron chi connectivity index (χ3n) is 3.17. The highest BCUT2D eigenvalue weighted by molar-refractivity contribution is 6.67. The summed E-state index contributed by atoms with van der Waals surface area (Å²) >= 11 is 16.3. The van der Waals surface area contributed by atoms with Crippen molar-refractivity contribution in [2.75, 3.05) is 12.3 Å². The summed E-state index contributed by atoms with van der Waals surface area (Å²) in [6.07, 6.45) is -1.28. The van der Waals surface area contributed by atoms with Crippen LogP contribution in [0.5, 0.6) is 0 Å².